The van der Waals surface area contributed by atoms with Crippen molar-refractivity contribution >= 4 is 0 Å². The van der Waals surface area contributed by atoms with E-state index >= 15 is 0 Å². The first kappa shape index (κ1) is 15.5. The van der Waals surface area contributed by atoms with Crippen LogP contribution in [0.2, 0.25) is 0 Å². The van der Waals surface area contributed by atoms with Gasteiger partial charge in [0.15, 0.2) is 0 Å². The molecular weight excluding hydrogens is 260 g/mol. The van der Waals surface area contributed by atoms with Crippen LogP contribution in [0.25, 0.3) is 0 Å². The van der Waals surface area contributed by atoms with E-state index in [4.69, 9.17) is 4.74 Å². The van der Waals surface area contributed by atoms with E-state index in [1.807, 2.05) is 31.3 Å². The van der Waals surface area contributed by atoms with Crippen LogP contribution < -0.4 is 10.1 Å². The van der Waals surface area contributed by atoms with E-state index in [-0.39, 0.29) is 6.04 Å². The Kier molecular flexibility index (Phi) is 5.76. The average molecular weight is 284 g/mol. The molecule has 1 unspecified atom stereocenters. The summed E-state index contributed by atoms with van der Waals surface area (Å²) in [6, 6.07) is 12.5. The highest BCUT2D eigenvalue weighted by Gasteiger charge is 2.11. The van der Waals surface area contributed by atoms with Gasteiger partial charge in [-0.15, -0.1) is 0 Å². The van der Waals surface area contributed by atoms with Crippen molar-refractivity contribution in [2.45, 2.75) is 39.2 Å². The number of benzene rings is 1. The molecule has 0 aliphatic heterocycles. The minimum absolute atomic E-state index is 0.206. The Bertz CT molecular complexity index is 551. The van der Waals surface area contributed by atoms with Gasteiger partial charge in [0.05, 0.1) is 0 Å². The van der Waals surface area contributed by atoms with Gasteiger partial charge in [-0.2, -0.15) is 0 Å². The lowest BCUT2D eigenvalue weighted by molar-refractivity contribution is 0.446. The monoisotopic (exact) mass is 284 g/mol. The molecule has 0 saturated carbocycles. The first-order valence-corrected chi connectivity index (χ1v) is 7.63. The molecule has 1 aromatic carbocycles. The molecule has 2 aromatic rings. The zero-order valence-electron chi connectivity index (χ0n) is 13.1. The van der Waals surface area contributed by atoms with Crippen LogP contribution in [0.5, 0.6) is 11.6 Å². The van der Waals surface area contributed by atoms with Crippen LogP contribution in [-0.2, 0) is 6.42 Å². The largest absolute Gasteiger partial charge is 0.439 e. The molecule has 1 heterocycles. The van der Waals surface area contributed by atoms with Crippen LogP contribution in [-0.4, -0.2) is 12.0 Å². The summed E-state index contributed by atoms with van der Waals surface area (Å²) in [7, 11) is 1.93. The minimum Gasteiger partial charge on any atom is -0.439 e. The number of nitrogens with one attached hydrogen (secondary N) is 1. The molecule has 0 amide bonds. The lowest BCUT2D eigenvalue weighted by Gasteiger charge is -2.15. The first-order valence-electron chi connectivity index (χ1n) is 7.63. The Morgan fingerprint density at radius 1 is 1.19 bits per heavy atom. The van der Waals surface area contributed by atoms with Gasteiger partial charge in [-0.05, 0) is 50.6 Å². The van der Waals surface area contributed by atoms with Gasteiger partial charge in [0.1, 0.15) is 5.75 Å². The summed E-state index contributed by atoms with van der Waals surface area (Å²) in [5.74, 6) is 1.50. The Balaban J connectivity index is 2.11. The van der Waals surface area contributed by atoms with Crippen molar-refractivity contribution in [1.82, 2.24) is 10.3 Å². The van der Waals surface area contributed by atoms with Crippen molar-refractivity contribution in [3.63, 3.8) is 0 Å². The Labute approximate surface area is 127 Å². The van der Waals surface area contributed by atoms with Crippen molar-refractivity contribution in [1.29, 1.82) is 0 Å². The molecule has 0 aliphatic carbocycles. The van der Waals surface area contributed by atoms with Gasteiger partial charge in [-0.3, -0.25) is 0 Å². The number of unbranched alkanes of at least 4 members (excludes halogenated alkanes) is 1. The Morgan fingerprint density at radius 2 is 1.95 bits per heavy atom. The highest BCUT2D eigenvalue weighted by Crippen LogP contribution is 2.27. The maximum atomic E-state index is 5.94. The van der Waals surface area contributed by atoms with Crippen molar-refractivity contribution < 1.29 is 4.74 Å². The summed E-state index contributed by atoms with van der Waals surface area (Å²) >= 11 is 0. The molecule has 21 heavy (non-hydrogen) atoms. The number of pyridine rings is 1. The number of aryl methyl sites for hydroxylation is 1. The zero-order chi connectivity index (χ0) is 15.1. The van der Waals surface area contributed by atoms with Crippen molar-refractivity contribution in [2.75, 3.05) is 7.05 Å². The molecule has 0 bridgehead atoms. The molecule has 3 nitrogen and oxygen atoms in total. The van der Waals surface area contributed by atoms with Crippen LogP contribution in [0.4, 0.5) is 0 Å². The predicted molar refractivity (Wildman–Crippen MR) is 86.8 cm³/mol. The predicted octanol–water partition coefficient (Wildman–Crippen LogP) is 4.50. The third-order valence-corrected chi connectivity index (χ3v) is 3.66. The second-order valence-electron chi connectivity index (χ2n) is 5.26. The van der Waals surface area contributed by atoms with Gasteiger partial charge in [0.25, 0.3) is 0 Å². The fourth-order valence-corrected chi connectivity index (χ4v) is 2.19. The quantitative estimate of drug-likeness (QED) is 0.813. The molecule has 112 valence electrons. The number of aromatic nitrogens is 1. The van der Waals surface area contributed by atoms with E-state index in [0.717, 1.165) is 17.7 Å². The maximum Gasteiger partial charge on any atom is 0.223 e. The molecule has 0 radical (unpaired) electrons. The fourth-order valence-electron chi connectivity index (χ4n) is 2.19. The van der Waals surface area contributed by atoms with Crippen molar-refractivity contribution in [2.24, 2.45) is 0 Å². The molecule has 0 saturated heterocycles. The van der Waals surface area contributed by atoms with Crippen LogP contribution in [0.15, 0.2) is 42.6 Å². The van der Waals surface area contributed by atoms with Crippen LogP contribution >= 0.6 is 0 Å². The van der Waals surface area contributed by atoms with E-state index in [0.29, 0.717) is 5.88 Å². The van der Waals surface area contributed by atoms with Gasteiger partial charge < -0.3 is 10.1 Å². The van der Waals surface area contributed by atoms with E-state index in [9.17, 15) is 0 Å². The number of rotatable bonds is 7. The molecule has 0 aliphatic rings. The van der Waals surface area contributed by atoms with E-state index < -0.39 is 0 Å². The van der Waals surface area contributed by atoms with Crippen LogP contribution in [0, 0.1) is 0 Å². The summed E-state index contributed by atoms with van der Waals surface area (Å²) in [5, 5.41) is 3.22. The molecule has 2 rings (SSSR count). The summed E-state index contributed by atoms with van der Waals surface area (Å²) < 4.78 is 5.94. The topological polar surface area (TPSA) is 34.1 Å². The van der Waals surface area contributed by atoms with Crippen molar-refractivity contribution in [3.8, 4) is 11.6 Å². The molecule has 1 aromatic heterocycles. The zero-order valence-corrected chi connectivity index (χ0v) is 13.1. The fraction of sp³-hybridized carbons (Fsp3) is 0.389. The third-order valence-electron chi connectivity index (χ3n) is 3.66. The third kappa shape index (κ3) is 4.30. The summed E-state index contributed by atoms with van der Waals surface area (Å²) in [6.07, 6.45) is 5.33. The average Bonchev–Trinajstić information content (AvgIpc) is 2.54. The summed E-state index contributed by atoms with van der Waals surface area (Å²) in [4.78, 5) is 4.35. The van der Waals surface area contributed by atoms with Gasteiger partial charge in [0.2, 0.25) is 5.88 Å². The minimum atomic E-state index is 0.206. The van der Waals surface area contributed by atoms with Crippen LogP contribution in [0.3, 0.4) is 0 Å². The maximum absolute atomic E-state index is 5.94. The molecule has 0 spiro atoms. The number of hydrogen-bond acceptors (Lipinski definition) is 3. The number of nitrogens with zero attached hydrogens (tertiary/aromatic N) is 1. The summed E-state index contributed by atoms with van der Waals surface area (Å²) in [6.45, 7) is 4.31. The van der Waals surface area contributed by atoms with E-state index in [2.05, 4.69) is 36.3 Å². The number of ether oxygens (including phenoxy) is 1. The second kappa shape index (κ2) is 7.79. The summed E-state index contributed by atoms with van der Waals surface area (Å²) in [5.41, 5.74) is 2.42. The normalized spacial score (nSPS) is 12.1. The molecule has 3 heteroatoms. The lowest BCUT2D eigenvalue weighted by atomic mass is 10.1. The Morgan fingerprint density at radius 3 is 2.62 bits per heavy atom. The SMILES string of the molecule is CCCCc1ccc(Oc2ncccc2C(C)NC)cc1. The van der Waals surface area contributed by atoms with E-state index in [1.165, 1.54) is 18.4 Å². The molecule has 0 fully saturated rings. The molecule has 1 N–H and O–H groups in total. The second-order valence-corrected chi connectivity index (χ2v) is 5.26. The van der Waals surface area contributed by atoms with Gasteiger partial charge in [-0.1, -0.05) is 31.5 Å². The lowest BCUT2D eigenvalue weighted by Crippen LogP contribution is -2.13. The Hall–Kier alpha value is -1.87. The highest BCUT2D eigenvalue weighted by atomic mass is 16.5. The van der Waals surface area contributed by atoms with E-state index in [1.54, 1.807) is 6.20 Å². The highest BCUT2D eigenvalue weighted by molar-refractivity contribution is 5.35. The van der Waals surface area contributed by atoms with Crippen LogP contribution in [0.1, 0.15) is 43.9 Å². The van der Waals surface area contributed by atoms with Gasteiger partial charge >= 0.3 is 0 Å². The standard InChI is InChI=1S/C18H24N2O/c1-4-5-7-15-9-11-16(12-10-15)21-18-17(14(2)19-3)8-6-13-20-18/h6,8-14,19H,4-5,7H2,1-3H3. The first-order chi connectivity index (χ1) is 10.2. The molecular formula is C18H24N2O. The van der Waals surface area contributed by atoms with Crippen molar-refractivity contribution in [3.05, 3.63) is 53.7 Å². The number of hydrogen-bond donors (Lipinski definition) is 1. The van der Waals surface area contributed by atoms with Gasteiger partial charge in [0, 0.05) is 17.8 Å². The molecule has 1 atom stereocenters. The van der Waals surface area contributed by atoms with Gasteiger partial charge in [-0.25, -0.2) is 4.98 Å². The smallest absolute Gasteiger partial charge is 0.223 e.